The van der Waals surface area contributed by atoms with Crippen molar-refractivity contribution < 1.29 is 0 Å². The summed E-state index contributed by atoms with van der Waals surface area (Å²) in [7, 11) is 0. The summed E-state index contributed by atoms with van der Waals surface area (Å²) in [5, 5.41) is 1.14. The van der Waals surface area contributed by atoms with Crippen molar-refractivity contribution in [2.75, 3.05) is 0 Å². The predicted octanol–water partition coefficient (Wildman–Crippen LogP) is 4.88. The highest BCUT2D eigenvalue weighted by molar-refractivity contribution is 6.33. The molecule has 94 valence electrons. The van der Waals surface area contributed by atoms with E-state index in [1.165, 1.54) is 0 Å². The molecule has 0 unspecified atom stereocenters. The summed E-state index contributed by atoms with van der Waals surface area (Å²) in [6, 6.07) is 7.50. The van der Waals surface area contributed by atoms with E-state index in [9.17, 15) is 0 Å². The van der Waals surface area contributed by atoms with E-state index < -0.39 is 0 Å². The van der Waals surface area contributed by atoms with Crippen molar-refractivity contribution in [1.29, 1.82) is 0 Å². The third-order valence-corrected chi connectivity index (χ3v) is 3.40. The van der Waals surface area contributed by atoms with Crippen LogP contribution >= 0.6 is 23.2 Å². The van der Waals surface area contributed by atoms with E-state index in [4.69, 9.17) is 23.2 Å². The fourth-order valence-corrected chi connectivity index (χ4v) is 2.62. The van der Waals surface area contributed by atoms with E-state index in [1.807, 2.05) is 31.2 Å². The lowest BCUT2D eigenvalue weighted by molar-refractivity contribution is 0.831. The number of rotatable bonds is 2. The van der Waals surface area contributed by atoms with Gasteiger partial charge in [0.05, 0.1) is 5.02 Å². The molecule has 0 saturated heterocycles. The summed E-state index contributed by atoms with van der Waals surface area (Å²) >= 11 is 12.4. The molecule has 0 bridgehead atoms. The summed E-state index contributed by atoms with van der Waals surface area (Å²) in [6.45, 7) is 6.10. The molecule has 0 fully saturated rings. The summed E-state index contributed by atoms with van der Waals surface area (Å²) in [6.07, 6.45) is 0. The molecule has 0 amide bonds. The molecule has 0 atom stereocenters. The van der Waals surface area contributed by atoms with Gasteiger partial charge in [-0.25, -0.2) is 9.97 Å². The largest absolute Gasteiger partial charge is 0.233 e. The first-order chi connectivity index (χ1) is 8.50. The molecule has 0 N–H and O–H groups in total. The molecule has 0 spiro atoms. The molecule has 0 aliphatic rings. The van der Waals surface area contributed by atoms with Crippen molar-refractivity contribution in [2.24, 2.45) is 0 Å². The van der Waals surface area contributed by atoms with E-state index in [2.05, 4.69) is 23.8 Å². The quantitative estimate of drug-likeness (QED) is 0.733. The molecule has 1 aromatic heterocycles. The third-order valence-electron chi connectivity index (χ3n) is 2.78. The standard InChI is InChI=1S/C14H14Cl2N2/c1-8(2)12-9(3)17-14(18-13(12)16)10-6-4-5-7-11(10)15/h4-8H,1-3H3. The highest BCUT2D eigenvalue weighted by atomic mass is 35.5. The lowest BCUT2D eigenvalue weighted by Crippen LogP contribution is -2.02. The molecule has 0 aliphatic heterocycles. The van der Waals surface area contributed by atoms with Crippen LogP contribution in [0.25, 0.3) is 11.4 Å². The SMILES string of the molecule is Cc1nc(-c2ccccc2Cl)nc(Cl)c1C(C)C. The van der Waals surface area contributed by atoms with E-state index in [0.29, 0.717) is 21.9 Å². The van der Waals surface area contributed by atoms with Gasteiger partial charge in [0, 0.05) is 16.8 Å². The molecule has 0 radical (unpaired) electrons. The number of hydrogen-bond acceptors (Lipinski definition) is 2. The zero-order valence-corrected chi connectivity index (χ0v) is 12.0. The Morgan fingerprint density at radius 2 is 1.72 bits per heavy atom. The first-order valence-electron chi connectivity index (χ1n) is 5.79. The van der Waals surface area contributed by atoms with Crippen LogP contribution in [-0.4, -0.2) is 9.97 Å². The van der Waals surface area contributed by atoms with Crippen LogP contribution in [0.1, 0.15) is 31.0 Å². The lowest BCUT2D eigenvalue weighted by atomic mass is 10.0. The van der Waals surface area contributed by atoms with Gasteiger partial charge in [0.2, 0.25) is 0 Å². The Kier molecular flexibility index (Phi) is 3.88. The molecule has 2 rings (SSSR count). The van der Waals surface area contributed by atoms with E-state index in [-0.39, 0.29) is 0 Å². The Morgan fingerprint density at radius 1 is 1.06 bits per heavy atom. The lowest BCUT2D eigenvalue weighted by Gasteiger charge is -2.12. The van der Waals surface area contributed by atoms with Crippen molar-refractivity contribution in [2.45, 2.75) is 26.7 Å². The third kappa shape index (κ3) is 2.50. The molecule has 0 saturated carbocycles. The van der Waals surface area contributed by atoms with Crippen LogP contribution in [0, 0.1) is 6.92 Å². The maximum atomic E-state index is 6.24. The highest BCUT2D eigenvalue weighted by Crippen LogP contribution is 2.30. The van der Waals surface area contributed by atoms with E-state index in [0.717, 1.165) is 16.8 Å². The van der Waals surface area contributed by atoms with Crippen LogP contribution < -0.4 is 0 Å². The molecule has 2 aromatic rings. The first kappa shape index (κ1) is 13.3. The minimum absolute atomic E-state index is 0.304. The summed E-state index contributed by atoms with van der Waals surface area (Å²) in [5.74, 6) is 0.880. The van der Waals surface area contributed by atoms with Gasteiger partial charge in [0.1, 0.15) is 5.15 Å². The van der Waals surface area contributed by atoms with Crippen molar-refractivity contribution in [1.82, 2.24) is 9.97 Å². The summed E-state index contributed by atoms with van der Waals surface area (Å²) < 4.78 is 0. The number of halogens is 2. The summed E-state index contributed by atoms with van der Waals surface area (Å²) in [4.78, 5) is 8.86. The van der Waals surface area contributed by atoms with Gasteiger partial charge in [-0.2, -0.15) is 0 Å². The second-order valence-electron chi connectivity index (χ2n) is 4.47. The number of nitrogens with zero attached hydrogens (tertiary/aromatic N) is 2. The van der Waals surface area contributed by atoms with Crippen LogP contribution in [0.15, 0.2) is 24.3 Å². The van der Waals surface area contributed by atoms with Crippen LogP contribution in [0.2, 0.25) is 10.2 Å². The number of aryl methyl sites for hydroxylation is 1. The topological polar surface area (TPSA) is 25.8 Å². The molecule has 1 heterocycles. The fourth-order valence-electron chi connectivity index (χ4n) is 1.97. The van der Waals surface area contributed by atoms with Gasteiger partial charge in [-0.05, 0) is 25.0 Å². The van der Waals surface area contributed by atoms with Crippen LogP contribution in [0.4, 0.5) is 0 Å². The Labute approximate surface area is 117 Å². The molecular formula is C14H14Cl2N2. The maximum Gasteiger partial charge on any atom is 0.162 e. The molecule has 4 heteroatoms. The number of hydrogen-bond donors (Lipinski definition) is 0. The minimum atomic E-state index is 0.304. The number of benzene rings is 1. The van der Waals surface area contributed by atoms with Gasteiger partial charge in [-0.15, -0.1) is 0 Å². The van der Waals surface area contributed by atoms with E-state index >= 15 is 0 Å². The molecular weight excluding hydrogens is 267 g/mol. The minimum Gasteiger partial charge on any atom is -0.233 e. The fraction of sp³-hybridized carbons (Fsp3) is 0.286. The second-order valence-corrected chi connectivity index (χ2v) is 5.24. The average Bonchev–Trinajstić information content (AvgIpc) is 2.27. The van der Waals surface area contributed by atoms with Gasteiger partial charge in [-0.1, -0.05) is 49.2 Å². The van der Waals surface area contributed by atoms with Crippen molar-refractivity contribution in [3.8, 4) is 11.4 Å². The van der Waals surface area contributed by atoms with Gasteiger partial charge in [0.25, 0.3) is 0 Å². The highest BCUT2D eigenvalue weighted by Gasteiger charge is 2.15. The van der Waals surface area contributed by atoms with Crippen LogP contribution in [0.5, 0.6) is 0 Å². The zero-order valence-electron chi connectivity index (χ0n) is 10.5. The van der Waals surface area contributed by atoms with Crippen LogP contribution in [-0.2, 0) is 0 Å². The van der Waals surface area contributed by atoms with Crippen molar-refractivity contribution in [3.63, 3.8) is 0 Å². The Hall–Kier alpha value is -1.12. The van der Waals surface area contributed by atoms with Gasteiger partial charge >= 0.3 is 0 Å². The normalized spacial score (nSPS) is 11.0. The molecule has 1 aromatic carbocycles. The predicted molar refractivity (Wildman–Crippen MR) is 76.3 cm³/mol. The maximum absolute atomic E-state index is 6.24. The molecule has 18 heavy (non-hydrogen) atoms. The average molecular weight is 281 g/mol. The van der Waals surface area contributed by atoms with Crippen molar-refractivity contribution in [3.05, 3.63) is 45.7 Å². The monoisotopic (exact) mass is 280 g/mol. The van der Waals surface area contributed by atoms with E-state index in [1.54, 1.807) is 0 Å². The van der Waals surface area contributed by atoms with Gasteiger partial charge in [-0.3, -0.25) is 0 Å². The van der Waals surface area contributed by atoms with Gasteiger partial charge < -0.3 is 0 Å². The second kappa shape index (κ2) is 5.25. The molecule has 2 nitrogen and oxygen atoms in total. The summed E-state index contributed by atoms with van der Waals surface area (Å²) in [5.41, 5.74) is 2.70. The van der Waals surface area contributed by atoms with Crippen molar-refractivity contribution >= 4 is 23.2 Å². The first-order valence-corrected chi connectivity index (χ1v) is 6.55. The number of aromatic nitrogens is 2. The van der Waals surface area contributed by atoms with Crippen LogP contribution in [0.3, 0.4) is 0 Å². The Bertz CT molecular complexity index is 557. The Balaban J connectivity index is 2.59. The molecule has 0 aliphatic carbocycles. The Morgan fingerprint density at radius 3 is 2.28 bits per heavy atom. The van der Waals surface area contributed by atoms with Gasteiger partial charge in [0.15, 0.2) is 5.82 Å². The zero-order chi connectivity index (χ0) is 13.3. The smallest absolute Gasteiger partial charge is 0.162 e.